The molecule has 0 saturated heterocycles. The van der Waals surface area contributed by atoms with Crippen LogP contribution in [0.5, 0.6) is 0 Å². The molecule has 1 aromatic carbocycles. The van der Waals surface area contributed by atoms with E-state index < -0.39 is 0 Å². The van der Waals surface area contributed by atoms with Gasteiger partial charge in [-0.15, -0.1) is 0 Å². The van der Waals surface area contributed by atoms with Crippen molar-refractivity contribution < 1.29 is 0 Å². The van der Waals surface area contributed by atoms with Crippen LogP contribution in [0.25, 0.3) is 0 Å². The fourth-order valence-electron chi connectivity index (χ4n) is 0.965. The molecule has 0 bridgehead atoms. The van der Waals surface area contributed by atoms with Crippen LogP contribution >= 0.6 is 0 Å². The van der Waals surface area contributed by atoms with Gasteiger partial charge in [0.05, 0.1) is 6.34 Å². The van der Waals surface area contributed by atoms with E-state index in [4.69, 9.17) is 0 Å². The van der Waals surface area contributed by atoms with Gasteiger partial charge >= 0.3 is 0 Å². The Morgan fingerprint density at radius 1 is 1.20 bits per heavy atom. The second-order valence-electron chi connectivity index (χ2n) is 2.14. The Morgan fingerprint density at radius 3 is 3.00 bits per heavy atom. The van der Waals surface area contributed by atoms with E-state index in [0.717, 1.165) is 11.3 Å². The molecule has 1 heterocycles. The molecule has 0 aromatic heterocycles. The normalized spacial score (nSPS) is 14.0. The monoisotopic (exact) mass is 131 g/mol. The predicted octanol–water partition coefficient (Wildman–Crippen LogP) is 1.65. The van der Waals surface area contributed by atoms with Crippen molar-refractivity contribution in [2.24, 2.45) is 4.99 Å². The molecular formula is C8H7N2. The van der Waals surface area contributed by atoms with Crippen molar-refractivity contribution in [2.75, 3.05) is 5.32 Å². The topological polar surface area (TPSA) is 24.4 Å². The summed E-state index contributed by atoms with van der Waals surface area (Å²) in [5, 5.41) is 3.04. The summed E-state index contributed by atoms with van der Waals surface area (Å²) in [6.07, 6.45) is 1.68. The molecule has 1 aromatic rings. The van der Waals surface area contributed by atoms with E-state index in [1.807, 2.05) is 30.8 Å². The van der Waals surface area contributed by atoms with Crippen LogP contribution in [0.2, 0.25) is 0 Å². The van der Waals surface area contributed by atoms with E-state index in [-0.39, 0.29) is 0 Å². The Kier molecular flexibility index (Phi) is 1.17. The zero-order valence-corrected chi connectivity index (χ0v) is 5.41. The van der Waals surface area contributed by atoms with Gasteiger partial charge in [-0.1, -0.05) is 18.2 Å². The van der Waals surface area contributed by atoms with Crippen molar-refractivity contribution in [1.29, 1.82) is 0 Å². The van der Waals surface area contributed by atoms with Gasteiger partial charge in [0.15, 0.2) is 0 Å². The number of hydrogen-bond donors (Lipinski definition) is 1. The molecule has 0 spiro atoms. The highest BCUT2D eigenvalue weighted by Crippen LogP contribution is 2.18. The van der Waals surface area contributed by atoms with E-state index in [2.05, 4.69) is 10.3 Å². The minimum absolute atomic E-state index is 1.12. The molecule has 0 saturated carbocycles. The van der Waals surface area contributed by atoms with E-state index in [1.165, 1.54) is 0 Å². The van der Waals surface area contributed by atoms with Crippen molar-refractivity contribution in [3.8, 4) is 0 Å². The molecule has 0 aliphatic carbocycles. The van der Waals surface area contributed by atoms with Crippen LogP contribution in [0.15, 0.2) is 29.3 Å². The highest BCUT2D eigenvalue weighted by Gasteiger charge is 2.01. The summed E-state index contributed by atoms with van der Waals surface area (Å²) in [5.74, 6) is 0. The number of nitrogens with zero attached hydrogens (tertiary/aromatic N) is 1. The molecule has 49 valence electrons. The lowest BCUT2D eigenvalue weighted by Crippen LogP contribution is -2.02. The Morgan fingerprint density at radius 2 is 2.10 bits per heavy atom. The molecule has 10 heavy (non-hydrogen) atoms. The molecule has 0 unspecified atom stereocenters. The van der Waals surface area contributed by atoms with Gasteiger partial charge < -0.3 is 5.32 Å². The molecule has 2 rings (SSSR count). The molecule has 0 amide bonds. The number of para-hydroxylation sites is 1. The third-order valence-electron chi connectivity index (χ3n) is 1.47. The second kappa shape index (κ2) is 2.14. The minimum Gasteiger partial charge on any atom is -0.346 e. The van der Waals surface area contributed by atoms with E-state index >= 15 is 0 Å². The quantitative estimate of drug-likeness (QED) is 0.568. The molecular weight excluding hydrogens is 124 g/mol. The predicted molar refractivity (Wildman–Crippen MR) is 42.0 cm³/mol. The van der Waals surface area contributed by atoms with Crippen LogP contribution in [0.1, 0.15) is 5.56 Å². The number of anilines is 1. The first kappa shape index (κ1) is 5.47. The van der Waals surface area contributed by atoms with Crippen molar-refractivity contribution in [1.82, 2.24) is 0 Å². The van der Waals surface area contributed by atoms with Crippen LogP contribution in [-0.2, 0) is 0 Å². The number of benzene rings is 1. The molecule has 1 aliphatic rings. The average Bonchev–Trinajstić information content (AvgIpc) is 2.05. The Hall–Kier alpha value is -1.31. The molecule has 2 heteroatoms. The fourth-order valence-corrected chi connectivity index (χ4v) is 0.965. The highest BCUT2D eigenvalue weighted by molar-refractivity contribution is 5.81. The SMILES string of the molecule is [CH]1N=CNc2ccccc21. The largest absolute Gasteiger partial charge is 0.346 e. The molecule has 0 atom stereocenters. The molecule has 2 nitrogen and oxygen atoms in total. The highest BCUT2D eigenvalue weighted by atomic mass is 15.0. The number of rotatable bonds is 0. The van der Waals surface area contributed by atoms with Gasteiger partial charge in [0.1, 0.15) is 6.54 Å². The number of nitrogens with one attached hydrogen (secondary N) is 1. The second-order valence-corrected chi connectivity index (χ2v) is 2.14. The van der Waals surface area contributed by atoms with Crippen LogP contribution in [0.4, 0.5) is 5.69 Å². The Labute approximate surface area is 59.6 Å². The van der Waals surface area contributed by atoms with Crippen molar-refractivity contribution in [2.45, 2.75) is 0 Å². The zero-order chi connectivity index (χ0) is 6.81. The number of hydrogen-bond acceptors (Lipinski definition) is 2. The lowest BCUT2D eigenvalue weighted by molar-refractivity contribution is 1.32. The molecule has 1 radical (unpaired) electrons. The Balaban J connectivity index is 2.47. The lowest BCUT2D eigenvalue weighted by atomic mass is 10.1. The average molecular weight is 131 g/mol. The first-order chi connectivity index (χ1) is 4.97. The summed E-state index contributed by atoms with van der Waals surface area (Å²) in [7, 11) is 0. The van der Waals surface area contributed by atoms with Crippen molar-refractivity contribution >= 4 is 12.0 Å². The fraction of sp³-hybridized carbons (Fsp3) is 0. The molecule has 0 fully saturated rings. The van der Waals surface area contributed by atoms with Gasteiger partial charge in [-0.05, 0) is 6.07 Å². The first-order valence-electron chi connectivity index (χ1n) is 3.17. The minimum atomic E-state index is 1.12. The van der Waals surface area contributed by atoms with Gasteiger partial charge in [-0.2, -0.15) is 0 Å². The third-order valence-corrected chi connectivity index (χ3v) is 1.47. The van der Waals surface area contributed by atoms with E-state index in [0.29, 0.717) is 0 Å². The van der Waals surface area contributed by atoms with Crippen molar-refractivity contribution in [3.63, 3.8) is 0 Å². The summed E-state index contributed by atoms with van der Waals surface area (Å²) in [6.45, 7) is 1.84. The van der Waals surface area contributed by atoms with Crippen LogP contribution in [0, 0.1) is 6.54 Å². The van der Waals surface area contributed by atoms with Gasteiger partial charge in [0.2, 0.25) is 0 Å². The van der Waals surface area contributed by atoms with Crippen LogP contribution in [-0.4, -0.2) is 6.34 Å². The summed E-state index contributed by atoms with van der Waals surface area (Å²) >= 11 is 0. The lowest BCUT2D eigenvalue weighted by Gasteiger charge is -2.09. The molecule has 1 N–H and O–H groups in total. The maximum atomic E-state index is 3.96. The number of aliphatic imine (C=N–C) groups is 1. The van der Waals surface area contributed by atoms with Gasteiger partial charge in [-0.3, -0.25) is 4.99 Å². The standard InChI is InChI=1S/C8H7N2/c1-2-4-8-7(3-1)5-9-6-10-8/h1-6H,(H,9,10). The van der Waals surface area contributed by atoms with Crippen molar-refractivity contribution in [3.05, 3.63) is 36.4 Å². The van der Waals surface area contributed by atoms with E-state index in [1.54, 1.807) is 6.34 Å². The summed E-state index contributed by atoms with van der Waals surface area (Å²) in [5.41, 5.74) is 2.27. The third kappa shape index (κ3) is 0.778. The maximum Gasteiger partial charge on any atom is 0.105 e. The summed E-state index contributed by atoms with van der Waals surface area (Å²) < 4.78 is 0. The van der Waals surface area contributed by atoms with Crippen LogP contribution < -0.4 is 5.32 Å². The first-order valence-corrected chi connectivity index (χ1v) is 3.17. The maximum absolute atomic E-state index is 3.96. The molecule has 1 aliphatic heterocycles. The number of fused-ring (bicyclic) bond motifs is 1. The summed E-state index contributed by atoms with van der Waals surface area (Å²) in [6, 6.07) is 8.05. The van der Waals surface area contributed by atoms with E-state index in [9.17, 15) is 0 Å². The van der Waals surface area contributed by atoms with Gasteiger partial charge in [0, 0.05) is 11.3 Å². The smallest absolute Gasteiger partial charge is 0.105 e. The summed E-state index contributed by atoms with van der Waals surface area (Å²) in [4.78, 5) is 3.96. The zero-order valence-electron chi connectivity index (χ0n) is 5.41. The van der Waals surface area contributed by atoms with Crippen LogP contribution in [0.3, 0.4) is 0 Å². The van der Waals surface area contributed by atoms with Gasteiger partial charge in [0.25, 0.3) is 0 Å². The Bertz CT molecular complexity index is 239. The van der Waals surface area contributed by atoms with Gasteiger partial charge in [-0.25, -0.2) is 0 Å².